The molecule has 1 rings (SSSR count). The molecule has 0 saturated carbocycles. The molecule has 4 nitrogen and oxygen atoms in total. The first-order valence-corrected chi connectivity index (χ1v) is 7.16. The van der Waals surface area contributed by atoms with Crippen LogP contribution in [0.1, 0.15) is 20.3 Å². The number of nitrogens with two attached hydrogens (primary N) is 1. The van der Waals surface area contributed by atoms with Gasteiger partial charge in [-0.2, -0.15) is 0 Å². The number of carbonyl (C=O) groups excluding carboxylic acids is 1. The summed E-state index contributed by atoms with van der Waals surface area (Å²) in [5, 5.41) is 0.642. The summed E-state index contributed by atoms with van der Waals surface area (Å²) in [6, 6.07) is 7.05. The number of likely N-dealkylation sites (N-methyl/N-ethyl adjacent to an activating group) is 1. The van der Waals surface area contributed by atoms with Crippen molar-refractivity contribution in [3.05, 3.63) is 29.3 Å². The number of benzene rings is 1. The van der Waals surface area contributed by atoms with E-state index in [1.54, 1.807) is 36.2 Å². The SMILES string of the molecule is CC(C)C(N)CCN(C)C(=O)COc1ccc(Cl)cc1. The topological polar surface area (TPSA) is 55.6 Å². The number of nitrogens with zero attached hydrogens (tertiary/aromatic N) is 1. The van der Waals surface area contributed by atoms with Crippen molar-refractivity contribution in [1.82, 2.24) is 4.90 Å². The van der Waals surface area contributed by atoms with Crippen molar-refractivity contribution >= 4 is 17.5 Å². The van der Waals surface area contributed by atoms with Gasteiger partial charge in [0.05, 0.1) is 0 Å². The highest BCUT2D eigenvalue weighted by Crippen LogP contribution is 2.15. The Bertz CT molecular complexity index is 420. The van der Waals surface area contributed by atoms with Crippen molar-refractivity contribution in [3.63, 3.8) is 0 Å². The van der Waals surface area contributed by atoms with E-state index in [0.29, 0.717) is 23.2 Å². The Labute approximate surface area is 125 Å². The summed E-state index contributed by atoms with van der Waals surface area (Å²) in [4.78, 5) is 13.6. The van der Waals surface area contributed by atoms with Gasteiger partial charge in [0.25, 0.3) is 5.91 Å². The van der Waals surface area contributed by atoms with E-state index in [4.69, 9.17) is 22.1 Å². The summed E-state index contributed by atoms with van der Waals surface area (Å²) in [6.07, 6.45) is 0.793. The second-order valence-electron chi connectivity index (χ2n) is 5.25. The van der Waals surface area contributed by atoms with Crippen molar-refractivity contribution in [1.29, 1.82) is 0 Å². The predicted molar refractivity (Wildman–Crippen MR) is 82.0 cm³/mol. The summed E-state index contributed by atoms with van der Waals surface area (Å²) in [7, 11) is 1.76. The molecule has 2 N–H and O–H groups in total. The molecule has 0 fully saturated rings. The Hall–Kier alpha value is -1.26. The fraction of sp³-hybridized carbons (Fsp3) is 0.533. The van der Waals surface area contributed by atoms with Crippen LogP contribution in [-0.2, 0) is 4.79 Å². The molecule has 1 unspecified atom stereocenters. The van der Waals surface area contributed by atoms with Crippen LogP contribution < -0.4 is 10.5 Å². The highest BCUT2D eigenvalue weighted by atomic mass is 35.5. The van der Waals surface area contributed by atoms with Gasteiger partial charge in [0.2, 0.25) is 0 Å². The van der Waals surface area contributed by atoms with E-state index in [0.717, 1.165) is 6.42 Å². The first-order valence-electron chi connectivity index (χ1n) is 6.78. The zero-order valence-corrected chi connectivity index (χ0v) is 13.1. The molecule has 0 aliphatic carbocycles. The van der Waals surface area contributed by atoms with Gasteiger partial charge in [0, 0.05) is 24.7 Å². The third-order valence-electron chi connectivity index (χ3n) is 3.26. The van der Waals surface area contributed by atoms with E-state index < -0.39 is 0 Å². The lowest BCUT2D eigenvalue weighted by molar-refractivity contribution is -0.132. The Balaban J connectivity index is 2.33. The second kappa shape index (κ2) is 8.12. The molecule has 0 aliphatic heterocycles. The van der Waals surface area contributed by atoms with Gasteiger partial charge in [0.15, 0.2) is 6.61 Å². The maximum absolute atomic E-state index is 11.9. The minimum Gasteiger partial charge on any atom is -0.484 e. The average Bonchev–Trinajstić information content (AvgIpc) is 2.43. The Morgan fingerprint density at radius 1 is 1.35 bits per heavy atom. The molecule has 0 aliphatic rings. The van der Waals surface area contributed by atoms with E-state index in [2.05, 4.69) is 13.8 Å². The van der Waals surface area contributed by atoms with Crippen LogP contribution in [0.2, 0.25) is 5.02 Å². The molecule has 20 heavy (non-hydrogen) atoms. The second-order valence-corrected chi connectivity index (χ2v) is 5.69. The van der Waals surface area contributed by atoms with E-state index in [-0.39, 0.29) is 18.6 Å². The molecule has 0 radical (unpaired) electrons. The number of carbonyl (C=O) groups is 1. The first kappa shape index (κ1) is 16.8. The smallest absolute Gasteiger partial charge is 0.260 e. The maximum atomic E-state index is 11.9. The summed E-state index contributed by atoms with van der Waals surface area (Å²) >= 11 is 5.78. The van der Waals surface area contributed by atoms with Gasteiger partial charge in [-0.25, -0.2) is 0 Å². The van der Waals surface area contributed by atoms with Crippen molar-refractivity contribution in [2.45, 2.75) is 26.3 Å². The van der Waals surface area contributed by atoms with Crippen LogP contribution in [0, 0.1) is 5.92 Å². The largest absolute Gasteiger partial charge is 0.484 e. The molecule has 1 amide bonds. The fourth-order valence-electron chi connectivity index (χ4n) is 1.59. The van der Waals surface area contributed by atoms with E-state index >= 15 is 0 Å². The zero-order valence-electron chi connectivity index (χ0n) is 12.3. The highest BCUT2D eigenvalue weighted by molar-refractivity contribution is 6.30. The number of halogens is 1. The third-order valence-corrected chi connectivity index (χ3v) is 3.51. The lowest BCUT2D eigenvalue weighted by Gasteiger charge is -2.21. The van der Waals surface area contributed by atoms with Crippen molar-refractivity contribution in [2.75, 3.05) is 20.2 Å². The number of hydrogen-bond donors (Lipinski definition) is 1. The van der Waals surface area contributed by atoms with Crippen molar-refractivity contribution < 1.29 is 9.53 Å². The van der Waals surface area contributed by atoms with Gasteiger partial charge in [0.1, 0.15) is 5.75 Å². The molecular formula is C15H23ClN2O2. The normalized spacial score (nSPS) is 12.3. The van der Waals surface area contributed by atoms with Crippen LogP contribution in [0.5, 0.6) is 5.75 Å². The average molecular weight is 299 g/mol. The van der Waals surface area contributed by atoms with E-state index in [1.807, 2.05) is 0 Å². The first-order chi connectivity index (χ1) is 9.40. The van der Waals surface area contributed by atoms with Gasteiger partial charge < -0.3 is 15.4 Å². The van der Waals surface area contributed by atoms with Gasteiger partial charge in [-0.3, -0.25) is 4.79 Å². The molecule has 0 aromatic heterocycles. The molecule has 1 atom stereocenters. The molecule has 0 saturated heterocycles. The van der Waals surface area contributed by atoms with Gasteiger partial charge >= 0.3 is 0 Å². The van der Waals surface area contributed by atoms with Crippen LogP contribution in [0.3, 0.4) is 0 Å². The zero-order chi connectivity index (χ0) is 15.1. The standard InChI is InChI=1S/C15H23ClN2O2/c1-11(2)14(17)8-9-18(3)15(19)10-20-13-6-4-12(16)5-7-13/h4-7,11,14H,8-10,17H2,1-3H3. The lowest BCUT2D eigenvalue weighted by atomic mass is 10.0. The fourth-order valence-corrected chi connectivity index (χ4v) is 1.71. The van der Waals surface area contributed by atoms with Crippen LogP contribution in [-0.4, -0.2) is 37.0 Å². The molecule has 112 valence electrons. The minimum atomic E-state index is -0.0593. The Morgan fingerprint density at radius 3 is 2.50 bits per heavy atom. The molecule has 1 aromatic rings. The molecular weight excluding hydrogens is 276 g/mol. The van der Waals surface area contributed by atoms with Crippen LogP contribution in [0.4, 0.5) is 0 Å². The van der Waals surface area contributed by atoms with Crippen LogP contribution in [0.15, 0.2) is 24.3 Å². The lowest BCUT2D eigenvalue weighted by Crippen LogP contribution is -2.36. The maximum Gasteiger partial charge on any atom is 0.260 e. The molecule has 0 heterocycles. The summed E-state index contributed by atoms with van der Waals surface area (Å²) in [6.45, 7) is 4.82. The number of amides is 1. The summed E-state index contributed by atoms with van der Waals surface area (Å²) in [5.41, 5.74) is 5.96. The van der Waals surface area contributed by atoms with E-state index in [9.17, 15) is 4.79 Å². The number of ether oxygens (including phenoxy) is 1. The Morgan fingerprint density at radius 2 is 1.95 bits per heavy atom. The quantitative estimate of drug-likeness (QED) is 0.841. The number of rotatable bonds is 7. The number of hydrogen-bond acceptors (Lipinski definition) is 3. The molecule has 5 heteroatoms. The third kappa shape index (κ3) is 5.80. The molecule has 1 aromatic carbocycles. The summed E-state index contributed by atoms with van der Waals surface area (Å²) in [5.74, 6) is 0.995. The summed E-state index contributed by atoms with van der Waals surface area (Å²) < 4.78 is 5.42. The van der Waals surface area contributed by atoms with Crippen LogP contribution in [0.25, 0.3) is 0 Å². The van der Waals surface area contributed by atoms with Gasteiger partial charge in [-0.05, 0) is 36.6 Å². The molecule has 0 spiro atoms. The van der Waals surface area contributed by atoms with Crippen molar-refractivity contribution in [3.8, 4) is 5.75 Å². The van der Waals surface area contributed by atoms with Gasteiger partial charge in [-0.1, -0.05) is 25.4 Å². The van der Waals surface area contributed by atoms with Crippen molar-refractivity contribution in [2.24, 2.45) is 11.7 Å². The minimum absolute atomic E-state index is 0.0229. The Kier molecular flexibility index (Phi) is 6.82. The molecule has 0 bridgehead atoms. The highest BCUT2D eigenvalue weighted by Gasteiger charge is 2.13. The predicted octanol–water partition coefficient (Wildman–Crippen LogP) is 2.55. The van der Waals surface area contributed by atoms with Crippen LogP contribution >= 0.6 is 11.6 Å². The monoisotopic (exact) mass is 298 g/mol. The van der Waals surface area contributed by atoms with Gasteiger partial charge in [-0.15, -0.1) is 0 Å². The van der Waals surface area contributed by atoms with E-state index in [1.165, 1.54) is 0 Å².